The molecule has 0 amide bonds. The smallest absolute Gasteiger partial charge is 0.0639 e. The highest BCUT2D eigenvalue weighted by atomic mass is 35.5. The number of halogens is 2. The average Bonchev–Trinajstić information content (AvgIpc) is 2.69. The molecular weight excluding hydrogens is 255 g/mol. The minimum Gasteiger partial charge on any atom is -0.378 e. The lowest BCUT2D eigenvalue weighted by Gasteiger charge is -2.19. The van der Waals surface area contributed by atoms with Crippen LogP contribution in [-0.2, 0) is 4.74 Å². The van der Waals surface area contributed by atoms with Gasteiger partial charge < -0.3 is 4.74 Å². The van der Waals surface area contributed by atoms with E-state index < -0.39 is 0 Å². The monoisotopic (exact) mass is 272 g/mol. The Balaban J connectivity index is 2.24. The first-order valence-electron chi connectivity index (χ1n) is 6.01. The molecule has 1 nitrogen and oxygen atoms in total. The molecule has 0 spiro atoms. The van der Waals surface area contributed by atoms with Crippen LogP contribution >= 0.6 is 23.2 Å². The van der Waals surface area contributed by atoms with Gasteiger partial charge in [0.2, 0.25) is 0 Å². The molecule has 1 aliphatic rings. The molecule has 1 saturated heterocycles. The van der Waals surface area contributed by atoms with E-state index in [4.69, 9.17) is 27.9 Å². The third-order valence-electron chi connectivity index (χ3n) is 3.49. The van der Waals surface area contributed by atoms with Crippen LogP contribution in [0, 0.1) is 19.8 Å². The van der Waals surface area contributed by atoms with Crippen molar-refractivity contribution in [1.29, 1.82) is 0 Å². The van der Waals surface area contributed by atoms with Gasteiger partial charge in [0.1, 0.15) is 0 Å². The van der Waals surface area contributed by atoms with Crippen molar-refractivity contribution in [3.8, 4) is 0 Å². The molecule has 3 heteroatoms. The van der Waals surface area contributed by atoms with E-state index in [1.807, 2.05) is 13.0 Å². The second kappa shape index (κ2) is 5.17. The molecule has 1 aromatic rings. The van der Waals surface area contributed by atoms with Crippen molar-refractivity contribution in [2.75, 3.05) is 6.61 Å². The molecule has 0 N–H and O–H groups in total. The SMILES string of the molecule is Cc1cc(C(Cl)C2COC(C)C2)c(C)cc1Cl. The number of hydrogen-bond acceptors (Lipinski definition) is 1. The third-order valence-corrected chi connectivity index (χ3v) is 4.49. The summed E-state index contributed by atoms with van der Waals surface area (Å²) in [5.41, 5.74) is 3.45. The van der Waals surface area contributed by atoms with Crippen LogP contribution in [-0.4, -0.2) is 12.7 Å². The summed E-state index contributed by atoms with van der Waals surface area (Å²) in [6.45, 7) is 6.94. The molecule has 3 unspecified atom stereocenters. The van der Waals surface area contributed by atoms with E-state index in [9.17, 15) is 0 Å². The first kappa shape index (κ1) is 13.2. The molecule has 17 heavy (non-hydrogen) atoms. The summed E-state index contributed by atoms with van der Waals surface area (Å²) in [5, 5.41) is 0.835. The maximum Gasteiger partial charge on any atom is 0.0639 e. The Morgan fingerprint density at radius 3 is 2.59 bits per heavy atom. The second-order valence-corrected chi connectivity index (χ2v) is 5.88. The molecule has 0 aliphatic carbocycles. The van der Waals surface area contributed by atoms with Crippen molar-refractivity contribution >= 4 is 23.2 Å². The Hall–Kier alpha value is -0.240. The van der Waals surface area contributed by atoms with Crippen LogP contribution in [0.4, 0.5) is 0 Å². The largest absolute Gasteiger partial charge is 0.378 e. The van der Waals surface area contributed by atoms with Gasteiger partial charge in [0.25, 0.3) is 0 Å². The average molecular weight is 273 g/mol. The summed E-state index contributed by atoms with van der Waals surface area (Å²) in [5.74, 6) is 0.408. The Bertz CT molecular complexity index is 417. The van der Waals surface area contributed by atoms with E-state index >= 15 is 0 Å². The molecule has 0 aromatic heterocycles. The highest BCUT2D eigenvalue weighted by Gasteiger charge is 2.30. The number of rotatable bonds is 2. The lowest BCUT2D eigenvalue weighted by atomic mass is 9.92. The molecule has 1 aliphatic heterocycles. The van der Waals surface area contributed by atoms with Crippen molar-refractivity contribution in [3.63, 3.8) is 0 Å². The Morgan fingerprint density at radius 1 is 1.29 bits per heavy atom. The first-order chi connectivity index (χ1) is 7.99. The van der Waals surface area contributed by atoms with Gasteiger partial charge in [-0.05, 0) is 49.9 Å². The summed E-state index contributed by atoms with van der Waals surface area (Å²) >= 11 is 12.7. The van der Waals surface area contributed by atoms with Gasteiger partial charge in [-0.2, -0.15) is 0 Å². The second-order valence-electron chi connectivity index (χ2n) is 5.00. The number of benzene rings is 1. The fourth-order valence-corrected chi connectivity index (χ4v) is 3.04. The predicted molar refractivity (Wildman–Crippen MR) is 73.0 cm³/mol. The van der Waals surface area contributed by atoms with Gasteiger partial charge >= 0.3 is 0 Å². The number of hydrogen-bond donors (Lipinski definition) is 0. The van der Waals surface area contributed by atoms with Gasteiger partial charge in [0, 0.05) is 10.9 Å². The topological polar surface area (TPSA) is 9.23 Å². The van der Waals surface area contributed by atoms with E-state index in [0.29, 0.717) is 12.0 Å². The molecule has 0 radical (unpaired) electrons. The van der Waals surface area contributed by atoms with E-state index in [1.54, 1.807) is 0 Å². The zero-order chi connectivity index (χ0) is 12.6. The fraction of sp³-hybridized carbons (Fsp3) is 0.571. The van der Waals surface area contributed by atoms with Crippen LogP contribution < -0.4 is 0 Å². The number of aryl methyl sites for hydroxylation is 2. The lowest BCUT2D eigenvalue weighted by molar-refractivity contribution is 0.120. The highest BCUT2D eigenvalue weighted by Crippen LogP contribution is 2.39. The molecule has 0 bridgehead atoms. The Labute approximate surface area is 113 Å². The lowest BCUT2D eigenvalue weighted by Crippen LogP contribution is -2.09. The van der Waals surface area contributed by atoms with Crippen molar-refractivity contribution < 1.29 is 4.74 Å². The summed E-state index contributed by atoms with van der Waals surface area (Å²) in [6.07, 6.45) is 1.37. The minimum absolute atomic E-state index is 0.0240. The number of ether oxygens (including phenoxy) is 1. The molecule has 1 aromatic carbocycles. The van der Waals surface area contributed by atoms with Crippen LogP contribution in [0.1, 0.15) is 35.4 Å². The van der Waals surface area contributed by atoms with E-state index in [1.165, 1.54) is 11.1 Å². The molecule has 94 valence electrons. The van der Waals surface area contributed by atoms with Crippen molar-refractivity contribution in [2.45, 2.75) is 38.7 Å². The van der Waals surface area contributed by atoms with Gasteiger partial charge in [0.15, 0.2) is 0 Å². The molecular formula is C14H18Cl2O. The van der Waals surface area contributed by atoms with E-state index in [0.717, 1.165) is 23.6 Å². The molecule has 2 rings (SSSR count). The highest BCUT2D eigenvalue weighted by molar-refractivity contribution is 6.31. The van der Waals surface area contributed by atoms with Crippen molar-refractivity contribution in [3.05, 3.63) is 33.8 Å². The zero-order valence-corrected chi connectivity index (χ0v) is 12.0. The molecule has 1 heterocycles. The maximum atomic E-state index is 6.58. The number of alkyl halides is 1. The van der Waals surface area contributed by atoms with Gasteiger partial charge in [-0.15, -0.1) is 11.6 Å². The van der Waals surface area contributed by atoms with Gasteiger partial charge in [0.05, 0.1) is 18.1 Å². The summed E-state index contributed by atoms with van der Waals surface area (Å²) in [6, 6.07) is 4.11. The van der Waals surface area contributed by atoms with Gasteiger partial charge in [-0.1, -0.05) is 17.7 Å². The van der Waals surface area contributed by atoms with Crippen LogP contribution in [0.15, 0.2) is 12.1 Å². The van der Waals surface area contributed by atoms with Gasteiger partial charge in [-0.25, -0.2) is 0 Å². The normalized spacial score (nSPS) is 26.2. The summed E-state index contributed by atoms with van der Waals surface area (Å²) < 4.78 is 5.59. The maximum absolute atomic E-state index is 6.58. The van der Waals surface area contributed by atoms with Crippen molar-refractivity contribution in [2.24, 2.45) is 5.92 Å². The van der Waals surface area contributed by atoms with Gasteiger partial charge in [-0.3, -0.25) is 0 Å². The summed E-state index contributed by atoms with van der Waals surface area (Å²) in [4.78, 5) is 0. The predicted octanol–water partition coefficient (Wildman–Crippen LogP) is 4.66. The first-order valence-corrected chi connectivity index (χ1v) is 6.82. The Kier molecular flexibility index (Phi) is 4.02. The quantitative estimate of drug-likeness (QED) is 0.712. The fourth-order valence-electron chi connectivity index (χ4n) is 2.41. The van der Waals surface area contributed by atoms with E-state index in [-0.39, 0.29) is 5.38 Å². The van der Waals surface area contributed by atoms with Crippen LogP contribution in [0.5, 0.6) is 0 Å². The summed E-state index contributed by atoms with van der Waals surface area (Å²) in [7, 11) is 0. The molecule has 1 fully saturated rings. The van der Waals surface area contributed by atoms with Crippen LogP contribution in [0.3, 0.4) is 0 Å². The standard InChI is InChI=1S/C14H18Cl2O/c1-8-5-13(15)9(2)4-12(8)14(16)11-6-10(3)17-7-11/h4-5,10-11,14H,6-7H2,1-3H3. The molecule has 0 saturated carbocycles. The van der Waals surface area contributed by atoms with Crippen LogP contribution in [0.25, 0.3) is 0 Å². The van der Waals surface area contributed by atoms with Crippen LogP contribution in [0.2, 0.25) is 5.02 Å². The van der Waals surface area contributed by atoms with E-state index in [2.05, 4.69) is 19.9 Å². The minimum atomic E-state index is 0.0240. The molecule has 3 atom stereocenters. The Morgan fingerprint density at radius 2 is 2.00 bits per heavy atom. The zero-order valence-electron chi connectivity index (χ0n) is 10.5. The van der Waals surface area contributed by atoms with Crippen molar-refractivity contribution in [1.82, 2.24) is 0 Å². The third kappa shape index (κ3) is 2.78.